The molecule has 7 heteroatoms. The van der Waals surface area contributed by atoms with Crippen molar-refractivity contribution in [1.29, 1.82) is 0 Å². The third-order valence-corrected chi connectivity index (χ3v) is 3.10. The summed E-state index contributed by atoms with van der Waals surface area (Å²) in [6, 6.07) is 1.78. The predicted molar refractivity (Wildman–Crippen MR) is 64.5 cm³/mol. The van der Waals surface area contributed by atoms with Crippen molar-refractivity contribution < 1.29 is 4.79 Å². The van der Waals surface area contributed by atoms with Crippen molar-refractivity contribution in [3.63, 3.8) is 0 Å². The van der Waals surface area contributed by atoms with E-state index in [0.717, 1.165) is 17.1 Å². The lowest BCUT2D eigenvalue weighted by Crippen LogP contribution is -2.14. The first-order chi connectivity index (χ1) is 7.68. The summed E-state index contributed by atoms with van der Waals surface area (Å²) >= 11 is 4.38. The van der Waals surface area contributed by atoms with Crippen LogP contribution in [0.2, 0.25) is 0 Å². The molecular weight excluding hydrogens is 292 g/mol. The van der Waals surface area contributed by atoms with E-state index in [1.165, 1.54) is 6.33 Å². The fourth-order valence-electron chi connectivity index (χ4n) is 1.19. The summed E-state index contributed by atoms with van der Waals surface area (Å²) in [5.41, 5.74) is 1.36. The molecule has 2 aromatic rings. The van der Waals surface area contributed by atoms with Crippen molar-refractivity contribution in [3.8, 4) is 0 Å². The molecule has 2 rings (SSSR count). The van der Waals surface area contributed by atoms with Crippen molar-refractivity contribution in [2.45, 2.75) is 6.92 Å². The van der Waals surface area contributed by atoms with Crippen LogP contribution in [-0.2, 0) is 0 Å². The van der Waals surface area contributed by atoms with E-state index in [9.17, 15) is 4.79 Å². The Labute approximate surface area is 104 Å². The Morgan fingerprint density at radius 1 is 1.50 bits per heavy atom. The largest absolute Gasteiger partial charge is 0.297 e. The van der Waals surface area contributed by atoms with E-state index in [2.05, 4.69) is 35.6 Å². The van der Waals surface area contributed by atoms with Crippen molar-refractivity contribution in [2.75, 3.05) is 5.32 Å². The van der Waals surface area contributed by atoms with Gasteiger partial charge in [-0.2, -0.15) is 4.37 Å². The zero-order valence-electron chi connectivity index (χ0n) is 8.27. The lowest BCUT2D eigenvalue weighted by atomic mass is 10.1. The van der Waals surface area contributed by atoms with E-state index in [4.69, 9.17) is 0 Å². The fourth-order valence-corrected chi connectivity index (χ4v) is 2.22. The monoisotopic (exact) mass is 298 g/mol. The van der Waals surface area contributed by atoms with Gasteiger partial charge in [-0.05, 0) is 34.5 Å². The number of carbonyl (C=O) groups excluding carboxylic acids is 1. The highest BCUT2D eigenvalue weighted by atomic mass is 79.9. The molecule has 0 fully saturated rings. The summed E-state index contributed by atoms with van der Waals surface area (Å²) in [5, 5.41) is 3.13. The molecule has 0 aliphatic carbocycles. The second kappa shape index (κ2) is 4.67. The Balaban J connectivity index is 2.28. The molecule has 0 aromatic carbocycles. The van der Waals surface area contributed by atoms with Gasteiger partial charge in [-0.1, -0.05) is 0 Å². The highest BCUT2D eigenvalue weighted by molar-refractivity contribution is 9.10. The summed E-state index contributed by atoms with van der Waals surface area (Å²) in [4.78, 5) is 19.8. The minimum Gasteiger partial charge on any atom is -0.297 e. The van der Waals surface area contributed by atoms with E-state index in [-0.39, 0.29) is 5.91 Å². The van der Waals surface area contributed by atoms with Gasteiger partial charge in [0.15, 0.2) is 0 Å². The number of rotatable bonds is 2. The van der Waals surface area contributed by atoms with Gasteiger partial charge in [0.2, 0.25) is 5.13 Å². The lowest BCUT2D eigenvalue weighted by Gasteiger charge is -2.06. The van der Waals surface area contributed by atoms with Gasteiger partial charge in [0, 0.05) is 17.7 Å². The maximum absolute atomic E-state index is 11.9. The first kappa shape index (κ1) is 11.2. The van der Waals surface area contributed by atoms with Crippen LogP contribution in [0, 0.1) is 6.92 Å². The summed E-state index contributed by atoms with van der Waals surface area (Å²) in [6.45, 7) is 1.85. The van der Waals surface area contributed by atoms with Crippen LogP contribution in [0.3, 0.4) is 0 Å². The van der Waals surface area contributed by atoms with Crippen LogP contribution >= 0.6 is 27.5 Å². The number of nitrogens with zero attached hydrogens (tertiary/aromatic N) is 3. The van der Waals surface area contributed by atoms with Crippen LogP contribution in [0.25, 0.3) is 0 Å². The third-order valence-electron chi connectivity index (χ3n) is 1.92. The Hall–Kier alpha value is -1.34. The van der Waals surface area contributed by atoms with Gasteiger partial charge in [-0.3, -0.25) is 10.1 Å². The van der Waals surface area contributed by atoms with E-state index in [1.807, 2.05) is 6.92 Å². The number of anilines is 1. The fraction of sp³-hybridized carbons (Fsp3) is 0.111. The van der Waals surface area contributed by atoms with E-state index >= 15 is 0 Å². The topological polar surface area (TPSA) is 67.8 Å². The Morgan fingerprint density at radius 3 is 2.94 bits per heavy atom. The Kier molecular flexibility index (Phi) is 3.25. The van der Waals surface area contributed by atoms with Gasteiger partial charge in [-0.25, -0.2) is 9.97 Å². The number of halogens is 1. The summed E-state index contributed by atoms with van der Waals surface area (Å²) < 4.78 is 4.32. The van der Waals surface area contributed by atoms with Crippen LogP contribution in [0.15, 0.2) is 23.2 Å². The van der Waals surface area contributed by atoms with Crippen LogP contribution in [0.5, 0.6) is 0 Å². The molecule has 0 spiro atoms. The maximum atomic E-state index is 11.9. The van der Waals surface area contributed by atoms with Gasteiger partial charge >= 0.3 is 0 Å². The zero-order valence-corrected chi connectivity index (χ0v) is 10.7. The molecule has 2 aromatic heterocycles. The van der Waals surface area contributed by atoms with Gasteiger partial charge in [-0.15, -0.1) is 0 Å². The predicted octanol–water partition coefficient (Wildman–Crippen LogP) is 2.26. The van der Waals surface area contributed by atoms with Gasteiger partial charge in [0.1, 0.15) is 10.9 Å². The number of nitrogens with one attached hydrogen (secondary N) is 1. The number of carbonyl (C=O) groups is 1. The molecule has 0 atom stereocenters. The van der Waals surface area contributed by atoms with Gasteiger partial charge in [0.05, 0.1) is 5.56 Å². The van der Waals surface area contributed by atoms with Crippen molar-refractivity contribution in [3.05, 3.63) is 34.3 Å². The Bertz CT molecular complexity index is 494. The number of hydrogen-bond donors (Lipinski definition) is 1. The highest BCUT2D eigenvalue weighted by Gasteiger charge is 2.14. The number of aryl methyl sites for hydroxylation is 1. The minimum absolute atomic E-state index is 0.241. The third kappa shape index (κ3) is 2.25. The van der Waals surface area contributed by atoms with Gasteiger partial charge in [0.25, 0.3) is 5.91 Å². The summed E-state index contributed by atoms with van der Waals surface area (Å²) in [6.07, 6.45) is 3.03. The van der Waals surface area contributed by atoms with Crippen LogP contribution in [0.1, 0.15) is 15.9 Å². The number of pyridine rings is 1. The smallest absolute Gasteiger partial charge is 0.260 e. The molecule has 5 nitrogen and oxygen atoms in total. The van der Waals surface area contributed by atoms with E-state index in [1.54, 1.807) is 12.3 Å². The average molecular weight is 299 g/mol. The highest BCUT2D eigenvalue weighted by Crippen LogP contribution is 2.19. The van der Waals surface area contributed by atoms with E-state index < -0.39 is 0 Å². The van der Waals surface area contributed by atoms with Crippen molar-refractivity contribution in [1.82, 2.24) is 14.3 Å². The molecule has 0 bridgehead atoms. The second-order valence-corrected chi connectivity index (χ2v) is 4.53. The molecule has 0 unspecified atom stereocenters. The first-order valence-electron chi connectivity index (χ1n) is 4.37. The number of hydrogen-bond acceptors (Lipinski definition) is 5. The van der Waals surface area contributed by atoms with E-state index in [0.29, 0.717) is 15.3 Å². The zero-order chi connectivity index (χ0) is 11.5. The molecule has 16 heavy (non-hydrogen) atoms. The molecule has 1 N–H and O–H groups in total. The van der Waals surface area contributed by atoms with Crippen molar-refractivity contribution >= 4 is 38.5 Å². The van der Waals surface area contributed by atoms with Crippen LogP contribution in [0.4, 0.5) is 5.13 Å². The average Bonchev–Trinajstić information content (AvgIpc) is 2.70. The van der Waals surface area contributed by atoms with Crippen molar-refractivity contribution in [2.24, 2.45) is 0 Å². The summed E-state index contributed by atoms with van der Waals surface area (Å²) in [7, 11) is 0. The minimum atomic E-state index is -0.241. The van der Waals surface area contributed by atoms with Gasteiger partial charge < -0.3 is 0 Å². The molecule has 1 amide bonds. The van der Waals surface area contributed by atoms with Crippen LogP contribution in [-0.4, -0.2) is 20.2 Å². The molecule has 0 radical (unpaired) electrons. The lowest BCUT2D eigenvalue weighted by molar-refractivity contribution is 0.102. The normalized spacial score (nSPS) is 10.1. The Morgan fingerprint density at radius 2 is 2.31 bits per heavy atom. The molecule has 0 saturated heterocycles. The summed E-state index contributed by atoms with van der Waals surface area (Å²) in [5.74, 6) is -0.241. The molecule has 0 aliphatic rings. The van der Waals surface area contributed by atoms with Crippen LogP contribution < -0.4 is 5.32 Å². The second-order valence-electron chi connectivity index (χ2n) is 2.99. The SMILES string of the molecule is Cc1ccnc(Br)c1C(=O)Nc1ncns1. The number of aromatic nitrogens is 3. The number of amides is 1. The molecule has 0 aliphatic heterocycles. The molecule has 0 saturated carbocycles. The quantitative estimate of drug-likeness (QED) is 0.864. The standard InChI is InChI=1S/C9H7BrN4OS/c1-5-2-3-11-7(10)6(5)8(15)14-9-12-4-13-16-9/h2-4H,1H3,(H,12,13,14,15). The maximum Gasteiger partial charge on any atom is 0.260 e. The first-order valence-corrected chi connectivity index (χ1v) is 5.94. The molecule has 82 valence electrons. The molecular formula is C9H7BrN4OS. The molecule has 2 heterocycles.